The third kappa shape index (κ3) is 6.91. The predicted octanol–water partition coefficient (Wildman–Crippen LogP) is 3.98. The van der Waals surface area contributed by atoms with E-state index in [1.54, 1.807) is 48.5 Å². The van der Waals surface area contributed by atoms with Crippen molar-refractivity contribution in [1.82, 2.24) is 10.2 Å². The van der Waals surface area contributed by atoms with Crippen LogP contribution in [0.5, 0.6) is 5.75 Å². The van der Waals surface area contributed by atoms with Gasteiger partial charge in [0, 0.05) is 17.6 Å². The number of para-hydroxylation sites is 2. The van der Waals surface area contributed by atoms with Gasteiger partial charge in [-0.25, -0.2) is 8.42 Å². The molecular weight excluding hydrogens is 502 g/mol. The van der Waals surface area contributed by atoms with Gasteiger partial charge in [0.2, 0.25) is 21.8 Å². The Bertz CT molecular complexity index is 1170. The Morgan fingerprint density at radius 2 is 1.75 bits per heavy atom. The fraction of sp³-hybridized carbons (Fsp3) is 0.462. The minimum atomic E-state index is -3.85. The van der Waals surface area contributed by atoms with Crippen molar-refractivity contribution in [2.45, 2.75) is 57.7 Å². The van der Waals surface area contributed by atoms with Gasteiger partial charge in [-0.2, -0.15) is 0 Å². The number of amides is 2. The Morgan fingerprint density at radius 3 is 2.36 bits per heavy atom. The number of carbonyl (C=O) groups excluding carboxylic acids is 2. The third-order valence-electron chi connectivity index (χ3n) is 6.42. The first-order valence-electron chi connectivity index (χ1n) is 12.1. The Hall–Kier alpha value is -2.78. The molecule has 0 spiro atoms. The van der Waals surface area contributed by atoms with Crippen LogP contribution in [0, 0.1) is 0 Å². The number of carbonyl (C=O) groups is 2. The van der Waals surface area contributed by atoms with Crippen molar-refractivity contribution < 1.29 is 22.7 Å². The van der Waals surface area contributed by atoms with Crippen LogP contribution < -0.4 is 14.4 Å². The molecule has 0 bridgehead atoms. The molecule has 2 aromatic rings. The van der Waals surface area contributed by atoms with Gasteiger partial charge in [0.25, 0.3) is 0 Å². The minimum absolute atomic E-state index is 0.0681. The van der Waals surface area contributed by atoms with Crippen molar-refractivity contribution in [3.63, 3.8) is 0 Å². The summed E-state index contributed by atoms with van der Waals surface area (Å²) in [5.41, 5.74) is 0.917. The molecule has 0 unspecified atom stereocenters. The Labute approximate surface area is 218 Å². The number of methoxy groups -OCH3 is 1. The average molecular weight is 536 g/mol. The molecule has 0 radical (unpaired) electrons. The highest BCUT2D eigenvalue weighted by Gasteiger charge is 2.33. The SMILES string of the molecule is CC[C@@H](C(=O)NC1CCCC1)N(Cc1ccccc1Cl)C(=O)CN(c1ccccc1OC)S(C)(=O)=O. The van der Waals surface area contributed by atoms with Crippen LogP contribution in [-0.2, 0) is 26.2 Å². The number of nitrogens with one attached hydrogen (secondary N) is 1. The molecule has 1 atom stereocenters. The number of hydrogen-bond donors (Lipinski definition) is 1. The summed E-state index contributed by atoms with van der Waals surface area (Å²) in [4.78, 5) is 28.5. The van der Waals surface area contributed by atoms with E-state index in [0.29, 0.717) is 22.8 Å². The first-order chi connectivity index (χ1) is 17.2. The molecule has 1 N–H and O–H groups in total. The molecule has 0 aliphatic heterocycles. The van der Waals surface area contributed by atoms with Crippen LogP contribution in [0.3, 0.4) is 0 Å². The van der Waals surface area contributed by atoms with E-state index in [-0.39, 0.29) is 24.2 Å². The van der Waals surface area contributed by atoms with Crippen LogP contribution in [0.4, 0.5) is 5.69 Å². The first-order valence-corrected chi connectivity index (χ1v) is 14.3. The third-order valence-corrected chi connectivity index (χ3v) is 7.91. The highest BCUT2D eigenvalue weighted by atomic mass is 35.5. The van der Waals surface area contributed by atoms with E-state index in [9.17, 15) is 18.0 Å². The number of nitrogens with zero attached hydrogens (tertiary/aromatic N) is 2. The zero-order chi connectivity index (χ0) is 26.3. The number of halogens is 1. The van der Waals surface area contributed by atoms with E-state index in [1.807, 2.05) is 6.92 Å². The molecule has 8 nitrogen and oxygen atoms in total. The number of sulfonamides is 1. The molecule has 1 aliphatic carbocycles. The summed E-state index contributed by atoms with van der Waals surface area (Å²) in [6.45, 7) is 1.41. The lowest BCUT2D eigenvalue weighted by molar-refractivity contribution is -0.140. The van der Waals surface area contributed by atoms with Crippen molar-refractivity contribution in [2.24, 2.45) is 0 Å². The van der Waals surface area contributed by atoms with Crippen LogP contribution in [0.15, 0.2) is 48.5 Å². The fourth-order valence-electron chi connectivity index (χ4n) is 4.53. The van der Waals surface area contributed by atoms with E-state index in [1.165, 1.54) is 12.0 Å². The maximum atomic E-state index is 13.8. The standard InChI is InChI=1S/C26H34ClN3O5S/c1-4-22(26(32)28-20-12-6-7-13-20)29(17-19-11-5-8-14-21(19)27)25(31)18-30(36(3,33)34)23-15-9-10-16-24(23)35-2/h5,8-11,14-16,20,22H,4,6-7,12-13,17-18H2,1-3H3,(H,28,32)/t22-/m0/s1. The van der Waals surface area contributed by atoms with Gasteiger partial charge in [0.05, 0.1) is 19.1 Å². The smallest absolute Gasteiger partial charge is 0.244 e. The lowest BCUT2D eigenvalue weighted by Gasteiger charge is -2.33. The van der Waals surface area contributed by atoms with Crippen molar-refractivity contribution in [2.75, 3.05) is 24.2 Å². The molecule has 2 aromatic carbocycles. The summed E-state index contributed by atoms with van der Waals surface area (Å²) in [5.74, 6) is -0.438. The van der Waals surface area contributed by atoms with Crippen LogP contribution in [0.2, 0.25) is 5.02 Å². The van der Waals surface area contributed by atoms with E-state index < -0.39 is 28.5 Å². The van der Waals surface area contributed by atoms with Gasteiger partial charge in [0.15, 0.2) is 0 Å². The summed E-state index contributed by atoms with van der Waals surface area (Å²) in [5, 5.41) is 3.55. The Balaban J connectivity index is 1.96. The van der Waals surface area contributed by atoms with Gasteiger partial charge in [-0.1, -0.05) is 61.7 Å². The highest BCUT2D eigenvalue weighted by Crippen LogP contribution is 2.30. The molecule has 10 heteroatoms. The van der Waals surface area contributed by atoms with Crippen molar-refractivity contribution in [3.05, 3.63) is 59.1 Å². The van der Waals surface area contributed by atoms with Crippen molar-refractivity contribution in [1.29, 1.82) is 0 Å². The normalized spacial score (nSPS) is 14.8. The second kappa shape index (κ2) is 12.5. The molecule has 3 rings (SSSR count). The summed E-state index contributed by atoms with van der Waals surface area (Å²) < 4.78 is 31.9. The maximum Gasteiger partial charge on any atom is 0.244 e. The summed E-state index contributed by atoms with van der Waals surface area (Å²) in [7, 11) is -2.42. The molecule has 196 valence electrons. The Kier molecular flexibility index (Phi) is 9.62. The molecule has 1 aliphatic rings. The maximum absolute atomic E-state index is 13.8. The first kappa shape index (κ1) is 27.8. The number of benzene rings is 2. The average Bonchev–Trinajstić information content (AvgIpc) is 3.35. The molecule has 0 saturated heterocycles. The molecule has 0 aromatic heterocycles. The van der Waals surface area contributed by atoms with E-state index in [2.05, 4.69) is 5.32 Å². The van der Waals surface area contributed by atoms with Crippen LogP contribution >= 0.6 is 11.6 Å². The zero-order valence-corrected chi connectivity index (χ0v) is 22.5. The largest absolute Gasteiger partial charge is 0.495 e. The molecule has 0 heterocycles. The summed E-state index contributed by atoms with van der Waals surface area (Å²) in [6.07, 6.45) is 5.35. The second-order valence-electron chi connectivity index (χ2n) is 8.97. The van der Waals surface area contributed by atoms with Gasteiger partial charge >= 0.3 is 0 Å². The van der Waals surface area contributed by atoms with Crippen LogP contribution in [0.1, 0.15) is 44.6 Å². The predicted molar refractivity (Wildman–Crippen MR) is 142 cm³/mol. The fourth-order valence-corrected chi connectivity index (χ4v) is 5.58. The van der Waals surface area contributed by atoms with Crippen molar-refractivity contribution in [3.8, 4) is 5.75 Å². The van der Waals surface area contributed by atoms with Gasteiger partial charge in [0.1, 0.15) is 18.3 Å². The molecule has 36 heavy (non-hydrogen) atoms. The number of ether oxygens (including phenoxy) is 1. The van der Waals surface area contributed by atoms with Gasteiger partial charge in [-0.05, 0) is 43.0 Å². The monoisotopic (exact) mass is 535 g/mol. The lowest BCUT2D eigenvalue weighted by atomic mass is 10.1. The number of anilines is 1. The topological polar surface area (TPSA) is 96.0 Å². The van der Waals surface area contributed by atoms with Crippen LogP contribution in [-0.4, -0.2) is 57.1 Å². The van der Waals surface area contributed by atoms with E-state index in [0.717, 1.165) is 36.2 Å². The van der Waals surface area contributed by atoms with Gasteiger partial charge < -0.3 is 15.0 Å². The zero-order valence-electron chi connectivity index (χ0n) is 20.9. The van der Waals surface area contributed by atoms with Crippen LogP contribution in [0.25, 0.3) is 0 Å². The molecule has 1 saturated carbocycles. The van der Waals surface area contributed by atoms with Crippen molar-refractivity contribution >= 4 is 39.1 Å². The van der Waals surface area contributed by atoms with Gasteiger partial charge in [-0.3, -0.25) is 13.9 Å². The highest BCUT2D eigenvalue weighted by molar-refractivity contribution is 7.92. The summed E-state index contributed by atoms with van der Waals surface area (Å²) in [6, 6.07) is 13.0. The number of rotatable bonds is 11. The quantitative estimate of drug-likeness (QED) is 0.469. The number of hydrogen-bond acceptors (Lipinski definition) is 5. The lowest BCUT2D eigenvalue weighted by Crippen LogP contribution is -2.53. The molecular formula is C26H34ClN3O5S. The summed E-state index contributed by atoms with van der Waals surface area (Å²) >= 11 is 6.39. The van der Waals surface area contributed by atoms with E-state index >= 15 is 0 Å². The van der Waals surface area contributed by atoms with Gasteiger partial charge in [-0.15, -0.1) is 0 Å². The molecule has 1 fully saturated rings. The Morgan fingerprint density at radius 1 is 1.11 bits per heavy atom. The molecule has 2 amide bonds. The minimum Gasteiger partial charge on any atom is -0.495 e. The second-order valence-corrected chi connectivity index (χ2v) is 11.3. The van der Waals surface area contributed by atoms with E-state index in [4.69, 9.17) is 16.3 Å².